The standard InChI is InChI=1S/C19H27N5O5/c1-18(2,3)28-15(26)12(23-17(27)29-19(4,5)6)7-11-8-21-16-22-13(14(20)25)10-24(16)9-11/h8-10,12H,7H2,1-6H3,(H2,20,25)(H,23,27)/t12-/m0/s1. The van der Waals surface area contributed by atoms with E-state index < -0.39 is 35.2 Å². The zero-order valence-electron chi connectivity index (χ0n) is 17.5. The van der Waals surface area contributed by atoms with Crippen LogP contribution in [-0.4, -0.2) is 49.6 Å². The van der Waals surface area contributed by atoms with Crippen LogP contribution >= 0.6 is 0 Å². The van der Waals surface area contributed by atoms with Gasteiger partial charge in [0.15, 0.2) is 0 Å². The molecule has 1 atom stereocenters. The molecule has 2 amide bonds. The molecule has 0 aliphatic carbocycles. The van der Waals surface area contributed by atoms with Crippen molar-refractivity contribution in [2.45, 2.75) is 65.2 Å². The van der Waals surface area contributed by atoms with Crippen molar-refractivity contribution in [1.29, 1.82) is 0 Å². The van der Waals surface area contributed by atoms with Crippen LogP contribution in [0, 0.1) is 0 Å². The zero-order chi connectivity index (χ0) is 22.0. The Morgan fingerprint density at radius 1 is 1.10 bits per heavy atom. The molecule has 3 N–H and O–H groups in total. The molecule has 0 saturated heterocycles. The Bertz CT molecular complexity index is 923. The van der Waals surface area contributed by atoms with Crippen molar-refractivity contribution in [3.8, 4) is 0 Å². The van der Waals surface area contributed by atoms with Gasteiger partial charge in [-0.1, -0.05) is 0 Å². The van der Waals surface area contributed by atoms with E-state index in [1.54, 1.807) is 47.7 Å². The summed E-state index contributed by atoms with van der Waals surface area (Å²) in [4.78, 5) is 44.3. The van der Waals surface area contributed by atoms with Crippen LogP contribution in [0.25, 0.3) is 5.78 Å². The molecule has 10 heteroatoms. The van der Waals surface area contributed by atoms with E-state index in [2.05, 4.69) is 15.3 Å². The number of hydrogen-bond acceptors (Lipinski definition) is 7. The summed E-state index contributed by atoms with van der Waals surface area (Å²) in [6.45, 7) is 10.4. The van der Waals surface area contributed by atoms with Gasteiger partial charge in [-0.05, 0) is 47.1 Å². The molecule has 29 heavy (non-hydrogen) atoms. The van der Waals surface area contributed by atoms with E-state index in [0.29, 0.717) is 5.56 Å². The molecule has 2 aromatic rings. The van der Waals surface area contributed by atoms with Crippen LogP contribution in [0.5, 0.6) is 0 Å². The highest BCUT2D eigenvalue weighted by molar-refractivity contribution is 5.91. The normalized spacial score (nSPS) is 13.0. The number of nitrogens with one attached hydrogen (secondary N) is 1. The van der Waals surface area contributed by atoms with E-state index in [9.17, 15) is 14.4 Å². The molecule has 0 saturated carbocycles. The van der Waals surface area contributed by atoms with Crippen molar-refractivity contribution in [3.63, 3.8) is 0 Å². The molecule has 0 bridgehead atoms. The summed E-state index contributed by atoms with van der Waals surface area (Å²) >= 11 is 0. The van der Waals surface area contributed by atoms with Crippen molar-refractivity contribution in [3.05, 3.63) is 29.8 Å². The fraction of sp³-hybridized carbons (Fsp3) is 0.526. The van der Waals surface area contributed by atoms with Crippen LogP contribution in [0.1, 0.15) is 57.6 Å². The first-order valence-electron chi connectivity index (χ1n) is 9.09. The number of nitrogens with zero attached hydrogens (tertiary/aromatic N) is 3. The number of amides is 2. The van der Waals surface area contributed by atoms with Gasteiger partial charge in [0.1, 0.15) is 22.9 Å². The minimum atomic E-state index is -0.998. The first kappa shape index (κ1) is 22.1. The Labute approximate surface area is 168 Å². The maximum absolute atomic E-state index is 12.6. The number of carbonyl (C=O) groups excluding carboxylic acids is 3. The molecule has 0 aromatic carbocycles. The number of primary amides is 1. The third-order valence-electron chi connectivity index (χ3n) is 3.44. The fourth-order valence-corrected chi connectivity index (χ4v) is 2.40. The molecule has 2 aromatic heterocycles. The fourth-order valence-electron chi connectivity index (χ4n) is 2.40. The quantitative estimate of drug-likeness (QED) is 0.721. The van der Waals surface area contributed by atoms with Crippen molar-refractivity contribution in [2.24, 2.45) is 5.73 Å². The van der Waals surface area contributed by atoms with Crippen molar-refractivity contribution in [1.82, 2.24) is 19.7 Å². The Hall–Kier alpha value is -3.17. The lowest BCUT2D eigenvalue weighted by Crippen LogP contribution is -2.47. The maximum Gasteiger partial charge on any atom is 0.408 e. The summed E-state index contributed by atoms with van der Waals surface area (Å²) < 4.78 is 12.2. The average molecular weight is 405 g/mol. The topological polar surface area (TPSA) is 138 Å². The second-order valence-electron chi connectivity index (χ2n) is 8.60. The van der Waals surface area contributed by atoms with E-state index in [0.717, 1.165) is 0 Å². The average Bonchev–Trinajstić information content (AvgIpc) is 2.94. The second-order valence-corrected chi connectivity index (χ2v) is 8.60. The molecule has 0 unspecified atom stereocenters. The van der Waals surface area contributed by atoms with Gasteiger partial charge in [0.25, 0.3) is 5.91 Å². The lowest BCUT2D eigenvalue weighted by molar-refractivity contribution is -0.157. The molecule has 0 fully saturated rings. The minimum Gasteiger partial charge on any atom is -0.458 e. The number of fused-ring (bicyclic) bond motifs is 1. The zero-order valence-corrected chi connectivity index (χ0v) is 17.5. The molecule has 2 rings (SSSR count). The number of imidazole rings is 1. The maximum atomic E-state index is 12.6. The highest BCUT2D eigenvalue weighted by Crippen LogP contribution is 2.13. The number of alkyl carbamates (subject to hydrolysis) is 1. The van der Waals surface area contributed by atoms with Gasteiger partial charge < -0.3 is 20.5 Å². The van der Waals surface area contributed by atoms with Gasteiger partial charge in [0.2, 0.25) is 5.78 Å². The summed E-state index contributed by atoms with van der Waals surface area (Å²) in [6.07, 6.45) is 3.96. The van der Waals surface area contributed by atoms with Crippen LogP contribution in [0.3, 0.4) is 0 Å². The van der Waals surface area contributed by atoms with Crippen molar-refractivity contribution in [2.75, 3.05) is 0 Å². The number of hydrogen-bond donors (Lipinski definition) is 2. The highest BCUT2D eigenvalue weighted by Gasteiger charge is 2.29. The van der Waals surface area contributed by atoms with Crippen LogP contribution < -0.4 is 11.1 Å². The van der Waals surface area contributed by atoms with Gasteiger partial charge in [0.05, 0.1) is 0 Å². The smallest absolute Gasteiger partial charge is 0.408 e. The summed E-state index contributed by atoms with van der Waals surface area (Å²) in [7, 11) is 0. The van der Waals surface area contributed by atoms with Crippen molar-refractivity contribution >= 4 is 23.7 Å². The van der Waals surface area contributed by atoms with Gasteiger partial charge in [-0.15, -0.1) is 0 Å². The van der Waals surface area contributed by atoms with E-state index in [4.69, 9.17) is 15.2 Å². The van der Waals surface area contributed by atoms with Gasteiger partial charge in [-0.2, -0.15) is 0 Å². The summed E-state index contributed by atoms with van der Waals surface area (Å²) in [5, 5.41) is 2.55. The van der Waals surface area contributed by atoms with Crippen LogP contribution in [0.4, 0.5) is 4.79 Å². The minimum absolute atomic E-state index is 0.0743. The largest absolute Gasteiger partial charge is 0.458 e. The number of carbonyl (C=O) groups is 3. The summed E-state index contributed by atoms with van der Waals surface area (Å²) in [5.41, 5.74) is 4.47. The number of esters is 1. The Morgan fingerprint density at radius 2 is 1.72 bits per heavy atom. The van der Waals surface area contributed by atoms with Gasteiger partial charge in [-0.3, -0.25) is 9.20 Å². The molecule has 0 spiro atoms. The van der Waals surface area contributed by atoms with Gasteiger partial charge in [-0.25, -0.2) is 19.6 Å². The molecule has 0 aliphatic rings. The monoisotopic (exact) mass is 405 g/mol. The summed E-state index contributed by atoms with van der Waals surface area (Å²) in [5.74, 6) is -0.987. The van der Waals surface area contributed by atoms with Crippen LogP contribution in [0.15, 0.2) is 18.6 Å². The Morgan fingerprint density at radius 3 is 2.28 bits per heavy atom. The number of nitrogens with two attached hydrogens (primary N) is 1. The van der Waals surface area contributed by atoms with E-state index in [1.165, 1.54) is 16.8 Å². The summed E-state index contributed by atoms with van der Waals surface area (Å²) in [6, 6.07) is -0.998. The Balaban J connectivity index is 2.25. The Kier molecular flexibility index (Phi) is 6.15. The molecular formula is C19H27N5O5. The lowest BCUT2D eigenvalue weighted by atomic mass is 10.1. The predicted octanol–water partition coefficient (Wildman–Crippen LogP) is 1.61. The molecule has 0 aliphatic heterocycles. The van der Waals surface area contributed by atoms with Crippen molar-refractivity contribution < 1.29 is 23.9 Å². The molecule has 158 valence electrons. The lowest BCUT2D eigenvalue weighted by Gasteiger charge is -2.26. The van der Waals surface area contributed by atoms with Crippen LogP contribution in [-0.2, 0) is 20.7 Å². The molecule has 10 nitrogen and oxygen atoms in total. The van der Waals surface area contributed by atoms with E-state index >= 15 is 0 Å². The molecular weight excluding hydrogens is 378 g/mol. The highest BCUT2D eigenvalue weighted by atomic mass is 16.6. The third kappa shape index (κ3) is 6.74. The second kappa shape index (κ2) is 8.06. The first-order valence-corrected chi connectivity index (χ1v) is 9.09. The van der Waals surface area contributed by atoms with Crippen LogP contribution in [0.2, 0.25) is 0 Å². The predicted molar refractivity (Wildman–Crippen MR) is 104 cm³/mol. The third-order valence-corrected chi connectivity index (χ3v) is 3.44. The number of ether oxygens (including phenoxy) is 2. The van der Waals surface area contributed by atoms with Gasteiger partial charge in [0, 0.05) is 25.0 Å². The molecule has 0 radical (unpaired) electrons. The number of aromatic nitrogens is 3. The van der Waals surface area contributed by atoms with E-state index in [-0.39, 0.29) is 17.9 Å². The SMILES string of the molecule is CC(C)(C)OC(=O)N[C@@H](Cc1cnc2nc(C(N)=O)cn2c1)C(=O)OC(C)(C)C. The van der Waals surface area contributed by atoms with Gasteiger partial charge >= 0.3 is 12.1 Å². The molecule has 2 heterocycles. The number of rotatable bonds is 5. The van der Waals surface area contributed by atoms with E-state index in [1.807, 2.05) is 0 Å². The first-order chi connectivity index (χ1) is 13.2.